The monoisotopic (exact) mass is 694 g/mol. The smallest absolute Gasteiger partial charge is 0.228 e. The minimum atomic E-state index is -2.42. The Morgan fingerprint density at radius 1 is 0.412 bits per heavy atom. The molecule has 51 heavy (non-hydrogen) atoms. The third-order valence-corrected chi connectivity index (χ3v) is 16.6. The Balaban J connectivity index is 0.997. The van der Waals surface area contributed by atoms with Gasteiger partial charge in [-0.1, -0.05) is 109 Å². The van der Waals surface area contributed by atoms with Crippen LogP contribution in [-0.2, 0) is 4.12 Å². The molecule has 2 aromatic heterocycles. The summed E-state index contributed by atoms with van der Waals surface area (Å²) in [6.07, 6.45) is 15.9. The second-order valence-electron chi connectivity index (χ2n) is 13.9. The highest BCUT2D eigenvalue weighted by Gasteiger charge is 2.38. The summed E-state index contributed by atoms with van der Waals surface area (Å²) in [6.45, 7) is 8.73. The van der Waals surface area contributed by atoms with Crippen molar-refractivity contribution in [1.29, 1.82) is 0 Å². The van der Waals surface area contributed by atoms with Crippen LogP contribution in [0.4, 0.5) is 0 Å². The van der Waals surface area contributed by atoms with E-state index in [1.54, 1.807) is 0 Å². The highest BCUT2D eigenvalue weighted by atomic mass is 28.4. The fourth-order valence-electron chi connectivity index (χ4n) is 7.01. The van der Waals surface area contributed by atoms with Gasteiger partial charge in [-0.2, -0.15) is 0 Å². The molecule has 0 saturated heterocycles. The number of fused-ring (bicyclic) bond motifs is 4. The zero-order valence-electron chi connectivity index (χ0n) is 29.2. The fourth-order valence-corrected chi connectivity index (χ4v) is 14.4. The van der Waals surface area contributed by atoms with Crippen LogP contribution in [0.2, 0.25) is 26.2 Å². The summed E-state index contributed by atoms with van der Waals surface area (Å²) in [5, 5.41) is 11.6. The van der Waals surface area contributed by atoms with E-state index in [1.165, 1.54) is 54.2 Å². The number of hydrogen-bond donors (Lipinski definition) is 0. The van der Waals surface area contributed by atoms with Crippen molar-refractivity contribution in [2.45, 2.75) is 26.2 Å². The van der Waals surface area contributed by atoms with Gasteiger partial charge >= 0.3 is 0 Å². The molecule has 0 atom stereocenters. The molecule has 0 radical (unpaired) electrons. The largest absolute Gasteiger partial charge is 0.447 e. The van der Waals surface area contributed by atoms with Gasteiger partial charge in [0.15, 0.2) is 0 Å². The van der Waals surface area contributed by atoms with Gasteiger partial charge in [0.1, 0.15) is 0 Å². The zero-order chi connectivity index (χ0) is 35.0. The molecule has 0 N–H and O–H groups in total. The summed E-state index contributed by atoms with van der Waals surface area (Å²) < 4.78 is 6.97. The van der Waals surface area contributed by atoms with Gasteiger partial charge in [-0.3, -0.25) is 19.9 Å². The Hall–Kier alpha value is -5.61. The van der Waals surface area contributed by atoms with E-state index in [2.05, 4.69) is 148 Å². The van der Waals surface area contributed by atoms with Crippen molar-refractivity contribution in [3.8, 4) is 0 Å². The van der Waals surface area contributed by atoms with E-state index >= 15 is 0 Å². The Morgan fingerprint density at radius 3 is 1.06 bits per heavy atom. The average molecular weight is 695 g/mol. The molecule has 5 nitrogen and oxygen atoms in total. The summed E-state index contributed by atoms with van der Waals surface area (Å²) in [4.78, 5) is 19.4. The van der Waals surface area contributed by atoms with E-state index in [4.69, 9.17) is 24.1 Å². The molecule has 8 aromatic rings. The van der Waals surface area contributed by atoms with Gasteiger partial charge < -0.3 is 4.12 Å². The number of benzene rings is 6. The van der Waals surface area contributed by atoms with Crippen molar-refractivity contribution in [1.82, 2.24) is 19.9 Å². The van der Waals surface area contributed by atoms with Gasteiger partial charge in [-0.15, -0.1) is 0 Å². The first-order valence-electron chi connectivity index (χ1n) is 17.3. The van der Waals surface area contributed by atoms with Crippen LogP contribution >= 0.6 is 0 Å². The second-order valence-corrected chi connectivity index (χ2v) is 21.8. The van der Waals surface area contributed by atoms with E-state index in [0.29, 0.717) is 0 Å². The third kappa shape index (κ3) is 6.55. The minimum absolute atomic E-state index is 0.808. The standard InChI is InChI=1S/C44H38N4OSi2/c1-50(2,43-29-45-35(27-47-43)21-23-41-37-17-9-5-13-31(37)25-32-14-6-10-18-38(32)41)49-51(3,4)44-30-46-36(28-48-44)22-24-42-39-19-11-7-15-33(39)26-34-16-8-12-20-40(34)42/h5-30H,1-4H3/b23-21+,24-22+. The number of aromatic nitrogens is 4. The Bertz CT molecular complexity index is 2320. The van der Waals surface area contributed by atoms with Crippen LogP contribution in [0.15, 0.2) is 134 Å². The lowest BCUT2D eigenvalue weighted by Crippen LogP contribution is -2.59. The van der Waals surface area contributed by atoms with Gasteiger partial charge in [0.2, 0.25) is 16.6 Å². The van der Waals surface area contributed by atoms with Crippen LogP contribution in [0.5, 0.6) is 0 Å². The Labute approximate surface area is 300 Å². The molecule has 0 amide bonds. The summed E-state index contributed by atoms with van der Waals surface area (Å²) in [7, 11) is -4.85. The molecule has 6 aromatic carbocycles. The van der Waals surface area contributed by atoms with Gasteiger partial charge in [-0.25, -0.2) is 0 Å². The number of rotatable bonds is 8. The van der Waals surface area contributed by atoms with E-state index in [0.717, 1.165) is 22.0 Å². The van der Waals surface area contributed by atoms with E-state index in [9.17, 15) is 0 Å². The van der Waals surface area contributed by atoms with E-state index < -0.39 is 16.6 Å². The molecule has 0 aliphatic heterocycles. The predicted octanol–water partition coefficient (Wildman–Crippen LogP) is 9.76. The first-order chi connectivity index (χ1) is 24.7. The molecule has 7 heteroatoms. The number of nitrogens with zero attached hydrogens (tertiary/aromatic N) is 4. The van der Waals surface area contributed by atoms with E-state index in [1.807, 2.05) is 36.9 Å². The van der Waals surface area contributed by atoms with Gasteiger partial charge in [0, 0.05) is 12.4 Å². The fraction of sp³-hybridized carbons (Fsp3) is 0.0909. The number of hydrogen-bond acceptors (Lipinski definition) is 5. The lowest BCUT2D eigenvalue weighted by Gasteiger charge is -2.32. The normalized spacial score (nSPS) is 12.6. The van der Waals surface area contributed by atoms with Crippen molar-refractivity contribution < 1.29 is 4.12 Å². The van der Waals surface area contributed by atoms with Crippen molar-refractivity contribution in [2.75, 3.05) is 0 Å². The predicted molar refractivity (Wildman–Crippen MR) is 220 cm³/mol. The van der Waals surface area contributed by atoms with Crippen LogP contribution in [0, 0.1) is 0 Å². The molecule has 0 unspecified atom stereocenters. The molecule has 8 rings (SSSR count). The maximum atomic E-state index is 6.97. The lowest BCUT2D eigenvalue weighted by molar-refractivity contribution is 0.569. The minimum Gasteiger partial charge on any atom is -0.447 e. The molecule has 0 aliphatic carbocycles. The van der Waals surface area contributed by atoms with Crippen LogP contribution in [0.3, 0.4) is 0 Å². The summed E-state index contributed by atoms with van der Waals surface area (Å²) in [6, 6.07) is 38.6. The molecular formula is C44H38N4OSi2. The van der Waals surface area contributed by atoms with Gasteiger partial charge in [-0.05, 0) is 105 Å². The van der Waals surface area contributed by atoms with Gasteiger partial charge in [0.05, 0.1) is 34.4 Å². The SMILES string of the molecule is C[Si](C)(O[Si](C)(C)c1cnc(/C=C/c2c3ccccc3cc3ccccc23)cn1)c1cnc(/C=C/c2c3ccccc3cc3ccccc23)cn1. The highest BCUT2D eigenvalue weighted by molar-refractivity contribution is 6.96. The molecule has 0 aliphatic rings. The van der Waals surface area contributed by atoms with Crippen LogP contribution in [-0.4, -0.2) is 36.6 Å². The molecule has 0 bridgehead atoms. The van der Waals surface area contributed by atoms with E-state index in [-0.39, 0.29) is 0 Å². The van der Waals surface area contributed by atoms with Crippen LogP contribution in [0.25, 0.3) is 67.4 Å². The van der Waals surface area contributed by atoms with Crippen molar-refractivity contribution in [3.05, 3.63) is 156 Å². The highest BCUT2D eigenvalue weighted by Crippen LogP contribution is 2.31. The van der Waals surface area contributed by atoms with Crippen molar-refractivity contribution in [3.63, 3.8) is 0 Å². The quantitative estimate of drug-likeness (QED) is 0.117. The topological polar surface area (TPSA) is 60.8 Å². The molecule has 248 valence electrons. The van der Waals surface area contributed by atoms with Gasteiger partial charge in [0.25, 0.3) is 0 Å². The Kier molecular flexibility index (Phi) is 8.47. The average Bonchev–Trinajstić information content (AvgIpc) is 3.15. The molecule has 2 heterocycles. The zero-order valence-corrected chi connectivity index (χ0v) is 31.2. The molecule has 0 spiro atoms. The maximum absolute atomic E-state index is 6.97. The first-order valence-corrected chi connectivity index (χ1v) is 23.1. The third-order valence-electron chi connectivity index (χ3n) is 9.56. The Morgan fingerprint density at radius 2 is 0.745 bits per heavy atom. The first kappa shape index (κ1) is 32.6. The molecule has 0 saturated carbocycles. The summed E-state index contributed by atoms with van der Waals surface area (Å²) in [5.74, 6) is 0. The second kappa shape index (κ2) is 13.3. The van der Waals surface area contributed by atoms with Crippen LogP contribution < -0.4 is 10.6 Å². The molecule has 0 fully saturated rings. The lowest BCUT2D eigenvalue weighted by atomic mass is 9.96. The maximum Gasteiger partial charge on any atom is 0.228 e. The van der Waals surface area contributed by atoms with Crippen molar-refractivity contribution >= 4 is 94.7 Å². The van der Waals surface area contributed by atoms with Crippen molar-refractivity contribution in [2.24, 2.45) is 0 Å². The molecular weight excluding hydrogens is 657 g/mol. The summed E-state index contributed by atoms with van der Waals surface area (Å²) in [5.41, 5.74) is 3.99. The van der Waals surface area contributed by atoms with Crippen LogP contribution in [0.1, 0.15) is 22.5 Å². The summed E-state index contributed by atoms with van der Waals surface area (Å²) >= 11 is 0.